The van der Waals surface area contributed by atoms with E-state index in [0.29, 0.717) is 45.2 Å². The van der Waals surface area contributed by atoms with Gasteiger partial charge in [0.2, 0.25) is 0 Å². The summed E-state index contributed by atoms with van der Waals surface area (Å²) in [6, 6.07) is 8.06. The van der Waals surface area contributed by atoms with Crippen LogP contribution in [0.5, 0.6) is 0 Å². The molecular formula is C26H41N3O4. The Kier molecular flexibility index (Phi) is 9.85. The number of benzene rings is 1. The Morgan fingerprint density at radius 3 is 2.39 bits per heavy atom. The van der Waals surface area contributed by atoms with Crippen LogP contribution >= 0.6 is 0 Å². The highest BCUT2D eigenvalue weighted by Crippen LogP contribution is 2.29. The second-order valence-corrected chi connectivity index (χ2v) is 9.81. The van der Waals surface area contributed by atoms with Crippen molar-refractivity contribution in [2.45, 2.75) is 71.4 Å². The minimum Gasteiger partial charge on any atom is -0.436 e. The Morgan fingerprint density at radius 2 is 1.76 bits per heavy atom. The lowest BCUT2D eigenvalue weighted by Crippen LogP contribution is -2.50. The van der Waals surface area contributed by atoms with Crippen molar-refractivity contribution in [2.24, 2.45) is 11.8 Å². The maximum Gasteiger partial charge on any atom is 0.408 e. The molecule has 0 aromatic heterocycles. The molecule has 1 aromatic rings. The zero-order valence-electron chi connectivity index (χ0n) is 20.5. The van der Waals surface area contributed by atoms with Crippen LogP contribution in [0.4, 0.5) is 10.5 Å². The molecule has 1 aliphatic carbocycles. The number of amides is 2. The third kappa shape index (κ3) is 8.22. The predicted molar refractivity (Wildman–Crippen MR) is 130 cm³/mol. The molecule has 2 atom stereocenters. The summed E-state index contributed by atoms with van der Waals surface area (Å²) in [4.78, 5) is 27.9. The number of nitrogens with one attached hydrogen (secondary N) is 2. The zero-order valence-corrected chi connectivity index (χ0v) is 20.5. The molecule has 1 heterocycles. The van der Waals surface area contributed by atoms with Gasteiger partial charge in [-0.25, -0.2) is 4.79 Å². The zero-order chi connectivity index (χ0) is 23.6. The summed E-state index contributed by atoms with van der Waals surface area (Å²) >= 11 is 0. The first-order valence-corrected chi connectivity index (χ1v) is 12.6. The molecule has 0 bridgehead atoms. The number of carbonyl (C=O) groups excluding carboxylic acids is 2. The fourth-order valence-electron chi connectivity index (χ4n) is 4.58. The van der Waals surface area contributed by atoms with E-state index >= 15 is 0 Å². The van der Waals surface area contributed by atoms with E-state index in [2.05, 4.69) is 43.5 Å². The molecule has 0 radical (unpaired) electrons. The van der Waals surface area contributed by atoms with Gasteiger partial charge in [-0.2, -0.15) is 0 Å². The van der Waals surface area contributed by atoms with Crippen molar-refractivity contribution in [3.8, 4) is 0 Å². The fraction of sp³-hybridized carbons (Fsp3) is 0.692. The van der Waals surface area contributed by atoms with Crippen LogP contribution in [0.3, 0.4) is 0 Å². The standard InChI is InChI=1S/C26H41N3O4/c1-19(2)23(18-27-22-11-9-20(3)10-12-22)28-26(31)33-24(17-21-7-5-4-6-8-21)25(30)29-13-15-32-16-14-29/h9-12,19,21,23-24,27H,4-8,13-18H2,1-3H3,(H,28,31)/t23-,24+/m1/s1. The van der Waals surface area contributed by atoms with Crippen LogP contribution in [-0.4, -0.2) is 61.9 Å². The Balaban J connectivity index is 1.59. The summed E-state index contributed by atoms with van der Waals surface area (Å²) in [5.74, 6) is 0.561. The average molecular weight is 460 g/mol. The van der Waals surface area contributed by atoms with Crippen molar-refractivity contribution < 1.29 is 19.1 Å². The molecule has 0 spiro atoms. The summed E-state index contributed by atoms with van der Waals surface area (Å²) in [5.41, 5.74) is 2.22. The number of carbonyl (C=O) groups is 2. The van der Waals surface area contributed by atoms with Crippen molar-refractivity contribution in [2.75, 3.05) is 38.2 Å². The molecule has 33 heavy (non-hydrogen) atoms. The van der Waals surface area contributed by atoms with Crippen LogP contribution in [0, 0.1) is 18.8 Å². The predicted octanol–water partition coefficient (Wildman–Crippen LogP) is 4.36. The van der Waals surface area contributed by atoms with Gasteiger partial charge in [-0.05, 0) is 37.3 Å². The van der Waals surface area contributed by atoms with Gasteiger partial charge in [0.15, 0.2) is 6.10 Å². The Bertz CT molecular complexity index is 740. The number of alkyl carbamates (subject to hydrolysis) is 1. The van der Waals surface area contributed by atoms with Crippen LogP contribution in [0.2, 0.25) is 0 Å². The van der Waals surface area contributed by atoms with Crippen LogP contribution in [0.1, 0.15) is 57.9 Å². The van der Waals surface area contributed by atoms with Gasteiger partial charge in [0.1, 0.15) is 0 Å². The lowest BCUT2D eigenvalue weighted by atomic mass is 9.85. The van der Waals surface area contributed by atoms with Gasteiger partial charge in [-0.3, -0.25) is 4.79 Å². The molecule has 1 aliphatic heterocycles. The van der Waals surface area contributed by atoms with E-state index in [0.717, 1.165) is 18.5 Å². The number of anilines is 1. The molecule has 184 valence electrons. The lowest BCUT2D eigenvalue weighted by Gasteiger charge is -2.33. The van der Waals surface area contributed by atoms with Crippen molar-refractivity contribution >= 4 is 17.7 Å². The van der Waals surface area contributed by atoms with E-state index in [4.69, 9.17) is 9.47 Å². The summed E-state index contributed by atoms with van der Waals surface area (Å²) < 4.78 is 11.2. The van der Waals surface area contributed by atoms with Crippen LogP contribution in [-0.2, 0) is 14.3 Å². The molecule has 7 heteroatoms. The van der Waals surface area contributed by atoms with Gasteiger partial charge in [0.05, 0.1) is 19.3 Å². The van der Waals surface area contributed by atoms with Crippen molar-refractivity contribution in [1.29, 1.82) is 0 Å². The molecule has 0 unspecified atom stereocenters. The maximum absolute atomic E-state index is 13.2. The Morgan fingerprint density at radius 1 is 1.09 bits per heavy atom. The van der Waals surface area contributed by atoms with Gasteiger partial charge >= 0.3 is 6.09 Å². The van der Waals surface area contributed by atoms with Crippen LogP contribution in [0.25, 0.3) is 0 Å². The SMILES string of the molecule is Cc1ccc(NC[C@@H](NC(=O)O[C@@H](CC2CCCCC2)C(=O)N2CCOCC2)C(C)C)cc1. The fourth-order valence-corrected chi connectivity index (χ4v) is 4.58. The van der Waals surface area contributed by atoms with Gasteiger partial charge in [0.25, 0.3) is 5.91 Å². The number of hydrogen-bond acceptors (Lipinski definition) is 5. The number of morpholine rings is 1. The first kappa shape index (κ1) is 25.3. The highest BCUT2D eigenvalue weighted by Gasteiger charge is 2.32. The van der Waals surface area contributed by atoms with E-state index in [9.17, 15) is 9.59 Å². The largest absolute Gasteiger partial charge is 0.436 e. The quantitative estimate of drug-likeness (QED) is 0.574. The third-order valence-electron chi connectivity index (χ3n) is 6.81. The summed E-state index contributed by atoms with van der Waals surface area (Å²) in [5, 5.41) is 6.40. The highest BCUT2D eigenvalue weighted by molar-refractivity contribution is 5.83. The van der Waals surface area contributed by atoms with E-state index in [1.54, 1.807) is 4.90 Å². The monoisotopic (exact) mass is 459 g/mol. The van der Waals surface area contributed by atoms with Gasteiger partial charge in [-0.1, -0.05) is 63.6 Å². The van der Waals surface area contributed by atoms with Gasteiger partial charge < -0.3 is 25.0 Å². The second-order valence-electron chi connectivity index (χ2n) is 9.81. The normalized spacial score (nSPS) is 19.1. The number of hydrogen-bond donors (Lipinski definition) is 2. The smallest absolute Gasteiger partial charge is 0.408 e. The van der Waals surface area contributed by atoms with Crippen molar-refractivity contribution in [3.63, 3.8) is 0 Å². The topological polar surface area (TPSA) is 79.9 Å². The van der Waals surface area contributed by atoms with E-state index in [-0.39, 0.29) is 17.9 Å². The van der Waals surface area contributed by atoms with Crippen molar-refractivity contribution in [1.82, 2.24) is 10.2 Å². The average Bonchev–Trinajstić information content (AvgIpc) is 2.83. The second kappa shape index (κ2) is 12.8. The summed E-state index contributed by atoms with van der Waals surface area (Å²) in [6.07, 6.45) is 5.21. The van der Waals surface area contributed by atoms with Crippen LogP contribution in [0.15, 0.2) is 24.3 Å². The lowest BCUT2D eigenvalue weighted by molar-refractivity contribution is -0.145. The first-order chi connectivity index (χ1) is 15.9. The molecule has 1 aromatic carbocycles. The minimum atomic E-state index is -0.732. The van der Waals surface area contributed by atoms with Gasteiger partial charge in [0, 0.05) is 25.3 Å². The number of nitrogens with zero attached hydrogens (tertiary/aromatic N) is 1. The molecule has 1 saturated carbocycles. The van der Waals surface area contributed by atoms with Gasteiger partial charge in [-0.15, -0.1) is 0 Å². The first-order valence-electron chi connectivity index (χ1n) is 12.6. The molecule has 2 aliphatic rings. The van der Waals surface area contributed by atoms with E-state index in [1.807, 2.05) is 12.1 Å². The third-order valence-corrected chi connectivity index (χ3v) is 6.81. The van der Waals surface area contributed by atoms with Crippen LogP contribution < -0.4 is 10.6 Å². The van der Waals surface area contributed by atoms with E-state index < -0.39 is 12.2 Å². The molecule has 3 rings (SSSR count). The Labute approximate surface area is 198 Å². The highest BCUT2D eigenvalue weighted by atomic mass is 16.6. The number of aryl methyl sites for hydroxylation is 1. The summed E-state index contributed by atoms with van der Waals surface area (Å²) in [7, 11) is 0. The molecule has 2 N–H and O–H groups in total. The molecule has 2 amide bonds. The minimum absolute atomic E-state index is 0.0853. The number of ether oxygens (including phenoxy) is 2. The van der Waals surface area contributed by atoms with Crippen molar-refractivity contribution in [3.05, 3.63) is 29.8 Å². The maximum atomic E-state index is 13.2. The molecule has 7 nitrogen and oxygen atoms in total. The molecule has 1 saturated heterocycles. The summed E-state index contributed by atoms with van der Waals surface area (Å²) in [6.45, 7) is 8.96. The molecular weight excluding hydrogens is 418 g/mol. The molecule has 2 fully saturated rings. The van der Waals surface area contributed by atoms with E-state index in [1.165, 1.54) is 24.8 Å². The Hall–Kier alpha value is -2.28. The number of rotatable bonds is 9.